The average Bonchev–Trinajstić information content (AvgIpc) is 2.79. The van der Waals surface area contributed by atoms with Crippen LogP contribution in [0.4, 0.5) is 0 Å². The van der Waals surface area contributed by atoms with E-state index in [4.69, 9.17) is 15.6 Å². The lowest BCUT2D eigenvalue weighted by atomic mass is 10.0. The fourth-order valence-electron chi connectivity index (χ4n) is 2.36. The third-order valence-electron chi connectivity index (χ3n) is 3.38. The summed E-state index contributed by atoms with van der Waals surface area (Å²) in [6, 6.07) is 8.27. The number of hydrogen-bond acceptors (Lipinski definition) is 3. The van der Waals surface area contributed by atoms with Crippen LogP contribution < -0.4 is 10.5 Å². The number of methoxy groups -OCH3 is 1. The molecule has 20 heavy (non-hydrogen) atoms. The molecule has 0 aliphatic heterocycles. The molecule has 0 bridgehead atoms. The molecule has 0 radical (unpaired) electrons. The molecule has 0 aliphatic rings. The Labute approximate surface area is 120 Å². The van der Waals surface area contributed by atoms with Crippen LogP contribution in [0.1, 0.15) is 36.6 Å². The first-order valence-corrected chi connectivity index (χ1v) is 7.01. The molecule has 1 heterocycles. The normalized spacial score (nSPS) is 11.1. The lowest BCUT2D eigenvalue weighted by molar-refractivity contribution is 0.379. The van der Waals surface area contributed by atoms with E-state index in [1.54, 1.807) is 7.11 Å². The van der Waals surface area contributed by atoms with Crippen molar-refractivity contribution >= 4 is 0 Å². The van der Waals surface area contributed by atoms with E-state index < -0.39 is 0 Å². The Hall–Kier alpha value is -1.81. The summed E-state index contributed by atoms with van der Waals surface area (Å²) in [6.45, 7) is 6.95. The smallest absolute Gasteiger partial charge is 0.219 e. The van der Waals surface area contributed by atoms with Crippen LogP contribution in [0.3, 0.4) is 0 Å². The Balaban J connectivity index is 2.57. The topological polar surface area (TPSA) is 53.1 Å². The molecule has 2 aromatic rings. The van der Waals surface area contributed by atoms with Crippen molar-refractivity contribution in [1.82, 2.24) is 9.78 Å². The number of aryl methyl sites for hydroxylation is 1. The summed E-state index contributed by atoms with van der Waals surface area (Å²) < 4.78 is 7.46. The van der Waals surface area contributed by atoms with Gasteiger partial charge in [0.15, 0.2) is 0 Å². The lowest BCUT2D eigenvalue weighted by Gasteiger charge is -2.08. The van der Waals surface area contributed by atoms with Gasteiger partial charge in [-0.25, -0.2) is 4.68 Å². The number of nitrogens with zero attached hydrogens (tertiary/aromatic N) is 2. The zero-order chi connectivity index (χ0) is 14.7. The quantitative estimate of drug-likeness (QED) is 0.911. The molecule has 0 fully saturated rings. The molecule has 4 nitrogen and oxygen atoms in total. The summed E-state index contributed by atoms with van der Waals surface area (Å²) in [5, 5.41) is 4.74. The first kappa shape index (κ1) is 14.6. The van der Waals surface area contributed by atoms with Crippen LogP contribution in [0.2, 0.25) is 0 Å². The van der Waals surface area contributed by atoms with Crippen LogP contribution in [0, 0.1) is 6.92 Å². The molecule has 0 saturated carbocycles. The number of aromatic nitrogens is 2. The summed E-state index contributed by atoms with van der Waals surface area (Å²) in [5.74, 6) is 1.14. The lowest BCUT2D eigenvalue weighted by Crippen LogP contribution is -2.06. The van der Waals surface area contributed by atoms with Crippen LogP contribution >= 0.6 is 0 Å². The summed E-state index contributed by atoms with van der Waals surface area (Å²) in [7, 11) is 1.69. The molecular weight excluding hydrogens is 250 g/mol. The molecule has 0 aliphatic carbocycles. The number of rotatable bonds is 5. The van der Waals surface area contributed by atoms with Gasteiger partial charge in [-0.15, -0.1) is 0 Å². The van der Waals surface area contributed by atoms with Crippen LogP contribution in [0.25, 0.3) is 5.69 Å². The molecule has 2 N–H and O–H groups in total. The van der Waals surface area contributed by atoms with Crippen molar-refractivity contribution in [1.29, 1.82) is 0 Å². The Morgan fingerprint density at radius 2 is 1.90 bits per heavy atom. The average molecular weight is 273 g/mol. The van der Waals surface area contributed by atoms with Crippen molar-refractivity contribution in [2.24, 2.45) is 5.73 Å². The first-order chi connectivity index (χ1) is 9.58. The fraction of sp³-hybridized carbons (Fsp3) is 0.438. The maximum absolute atomic E-state index is 5.73. The van der Waals surface area contributed by atoms with Gasteiger partial charge in [-0.05, 0) is 37.9 Å². The highest BCUT2D eigenvalue weighted by molar-refractivity contribution is 5.43. The van der Waals surface area contributed by atoms with Crippen molar-refractivity contribution in [3.05, 3.63) is 41.1 Å². The molecule has 1 aromatic heterocycles. The fourth-order valence-corrected chi connectivity index (χ4v) is 2.36. The molecule has 0 spiro atoms. The number of benzene rings is 1. The van der Waals surface area contributed by atoms with Crippen LogP contribution in [-0.2, 0) is 6.42 Å². The Bertz CT molecular complexity index is 570. The maximum atomic E-state index is 5.73. The van der Waals surface area contributed by atoms with E-state index in [0.717, 1.165) is 29.2 Å². The van der Waals surface area contributed by atoms with E-state index in [0.29, 0.717) is 12.5 Å². The van der Waals surface area contributed by atoms with Gasteiger partial charge in [-0.1, -0.05) is 31.5 Å². The molecule has 4 heteroatoms. The third kappa shape index (κ3) is 2.70. The SMILES string of the molecule is COc1c(CCN)c(C(C)C)nn1-c1ccc(C)cc1. The Kier molecular flexibility index (Phi) is 4.45. The van der Waals surface area contributed by atoms with Crippen molar-refractivity contribution in [2.45, 2.75) is 33.1 Å². The summed E-state index contributed by atoms with van der Waals surface area (Å²) >= 11 is 0. The van der Waals surface area contributed by atoms with E-state index in [-0.39, 0.29) is 0 Å². The molecular formula is C16H23N3O. The van der Waals surface area contributed by atoms with E-state index >= 15 is 0 Å². The van der Waals surface area contributed by atoms with Crippen LogP contribution in [0.5, 0.6) is 5.88 Å². The molecule has 0 atom stereocenters. The van der Waals surface area contributed by atoms with Gasteiger partial charge in [-0.2, -0.15) is 5.10 Å². The second-order valence-electron chi connectivity index (χ2n) is 5.31. The highest BCUT2D eigenvalue weighted by Gasteiger charge is 2.20. The minimum atomic E-state index is 0.345. The molecule has 1 aromatic carbocycles. The maximum Gasteiger partial charge on any atom is 0.219 e. The van der Waals surface area contributed by atoms with Gasteiger partial charge in [0.2, 0.25) is 5.88 Å². The third-order valence-corrected chi connectivity index (χ3v) is 3.38. The monoisotopic (exact) mass is 273 g/mol. The van der Waals surface area contributed by atoms with Gasteiger partial charge in [-0.3, -0.25) is 0 Å². The van der Waals surface area contributed by atoms with Crippen molar-refractivity contribution < 1.29 is 4.74 Å². The highest BCUT2D eigenvalue weighted by Crippen LogP contribution is 2.30. The minimum absolute atomic E-state index is 0.345. The van der Waals surface area contributed by atoms with Gasteiger partial charge < -0.3 is 10.5 Å². The van der Waals surface area contributed by atoms with E-state index in [2.05, 4.69) is 45.0 Å². The molecule has 108 valence electrons. The largest absolute Gasteiger partial charge is 0.481 e. The molecule has 2 rings (SSSR count). The first-order valence-electron chi connectivity index (χ1n) is 7.01. The van der Waals surface area contributed by atoms with Crippen LogP contribution in [-0.4, -0.2) is 23.4 Å². The van der Waals surface area contributed by atoms with Crippen molar-refractivity contribution in [3.8, 4) is 11.6 Å². The van der Waals surface area contributed by atoms with Gasteiger partial charge >= 0.3 is 0 Å². The van der Waals surface area contributed by atoms with E-state index in [9.17, 15) is 0 Å². The molecule has 0 saturated heterocycles. The van der Waals surface area contributed by atoms with E-state index in [1.807, 2.05) is 4.68 Å². The number of ether oxygens (including phenoxy) is 1. The Morgan fingerprint density at radius 3 is 2.40 bits per heavy atom. The second-order valence-corrected chi connectivity index (χ2v) is 5.31. The minimum Gasteiger partial charge on any atom is -0.481 e. The van der Waals surface area contributed by atoms with E-state index in [1.165, 1.54) is 5.56 Å². The predicted molar refractivity (Wildman–Crippen MR) is 81.7 cm³/mol. The molecule has 0 amide bonds. The zero-order valence-corrected chi connectivity index (χ0v) is 12.7. The van der Waals surface area contributed by atoms with Crippen LogP contribution in [0.15, 0.2) is 24.3 Å². The standard InChI is InChI=1S/C16H23N3O/c1-11(2)15-14(9-10-17)16(20-4)19(18-15)13-7-5-12(3)6-8-13/h5-8,11H,9-10,17H2,1-4H3. The van der Waals surface area contributed by atoms with Gasteiger partial charge in [0, 0.05) is 5.56 Å². The zero-order valence-electron chi connectivity index (χ0n) is 12.7. The predicted octanol–water partition coefficient (Wildman–Crippen LogP) is 2.81. The number of nitrogens with two attached hydrogens (primary N) is 1. The van der Waals surface area contributed by atoms with Crippen molar-refractivity contribution in [3.63, 3.8) is 0 Å². The summed E-state index contributed by atoms with van der Waals surface area (Å²) in [6.07, 6.45) is 0.780. The summed E-state index contributed by atoms with van der Waals surface area (Å²) in [5.41, 5.74) is 10.1. The number of hydrogen-bond donors (Lipinski definition) is 1. The van der Waals surface area contributed by atoms with Gasteiger partial charge in [0.05, 0.1) is 18.5 Å². The van der Waals surface area contributed by atoms with Gasteiger partial charge in [0.25, 0.3) is 0 Å². The van der Waals surface area contributed by atoms with Crippen molar-refractivity contribution in [2.75, 3.05) is 13.7 Å². The molecule has 0 unspecified atom stereocenters. The Morgan fingerprint density at radius 1 is 1.25 bits per heavy atom. The van der Waals surface area contributed by atoms with Gasteiger partial charge in [0.1, 0.15) is 0 Å². The highest BCUT2D eigenvalue weighted by atomic mass is 16.5. The summed E-state index contributed by atoms with van der Waals surface area (Å²) in [4.78, 5) is 0. The second kappa shape index (κ2) is 6.09.